The first kappa shape index (κ1) is 38.7. The predicted octanol–water partition coefficient (Wildman–Crippen LogP) is 3.95. The molecule has 2 bridgehead atoms. The second kappa shape index (κ2) is 17.2. The molecule has 3 saturated heterocycles. The second-order valence-corrected chi connectivity index (χ2v) is 14.7. The van der Waals surface area contributed by atoms with E-state index in [1.165, 1.54) is 12.0 Å². The molecule has 2 N–H and O–H groups in total. The van der Waals surface area contributed by atoms with Gasteiger partial charge in [-0.2, -0.15) is 0 Å². The number of esters is 1. The van der Waals surface area contributed by atoms with E-state index in [0.717, 1.165) is 12.8 Å². The van der Waals surface area contributed by atoms with Crippen molar-refractivity contribution in [3.8, 4) is 0 Å². The average Bonchev–Trinajstić information content (AvgIpc) is 3.68. The normalized spacial score (nSPS) is 27.4. The number of fused-ring (bicyclic) bond motifs is 1. The molecule has 1 spiro atoms. The Morgan fingerprint density at radius 1 is 1.22 bits per heavy atom. The number of aliphatic hydroxyl groups is 1. The molecule has 49 heavy (non-hydrogen) atoms. The molecule has 270 valence electrons. The zero-order valence-corrected chi connectivity index (χ0v) is 30.7. The van der Waals surface area contributed by atoms with E-state index < -0.39 is 59.6 Å². The summed E-state index contributed by atoms with van der Waals surface area (Å²) < 4.78 is 18.5. The molecule has 1 aromatic carbocycles. The van der Waals surface area contributed by atoms with Gasteiger partial charge in [-0.05, 0) is 30.7 Å². The maximum atomic E-state index is 14.7. The molecule has 1 unspecified atom stereocenters. The quantitative estimate of drug-likeness (QED) is 0.124. The number of likely N-dealkylation sites (tertiary alicyclic amines) is 1. The molecule has 3 aliphatic rings. The Labute approximate surface area is 298 Å². The van der Waals surface area contributed by atoms with E-state index in [1.807, 2.05) is 39.0 Å². The van der Waals surface area contributed by atoms with Gasteiger partial charge in [0.15, 0.2) is 0 Å². The number of aliphatic hydroxyl groups excluding tert-OH is 1. The fourth-order valence-electron chi connectivity index (χ4n) is 7.69. The van der Waals surface area contributed by atoms with Gasteiger partial charge in [-0.3, -0.25) is 19.2 Å². The van der Waals surface area contributed by atoms with Crippen LogP contribution >= 0.6 is 15.9 Å². The first-order valence-electron chi connectivity index (χ1n) is 17.3. The number of allylic oxidation sites excluding steroid dienone is 1. The number of carbonyl (C=O) groups is 4. The van der Waals surface area contributed by atoms with E-state index in [4.69, 9.17) is 14.2 Å². The average molecular weight is 747 g/mol. The Kier molecular flexibility index (Phi) is 13.6. The summed E-state index contributed by atoms with van der Waals surface area (Å²) >= 11 is 3.73. The van der Waals surface area contributed by atoms with Crippen molar-refractivity contribution in [3.05, 3.63) is 61.2 Å². The van der Waals surface area contributed by atoms with E-state index >= 15 is 0 Å². The number of nitrogens with one attached hydrogen (secondary N) is 1. The van der Waals surface area contributed by atoms with Crippen molar-refractivity contribution in [3.63, 3.8) is 0 Å². The number of unbranched alkanes of at least 4 members (excludes halogenated alkanes) is 1. The number of amides is 3. The lowest BCUT2D eigenvalue weighted by Gasteiger charge is -2.40. The van der Waals surface area contributed by atoms with E-state index in [9.17, 15) is 24.3 Å². The highest BCUT2D eigenvalue weighted by molar-refractivity contribution is 9.09. The van der Waals surface area contributed by atoms with Gasteiger partial charge in [0.2, 0.25) is 17.7 Å². The molecule has 4 rings (SSSR count). The zero-order chi connectivity index (χ0) is 35.9. The number of nitrogens with zero attached hydrogens (tertiary/aromatic N) is 2. The van der Waals surface area contributed by atoms with Gasteiger partial charge >= 0.3 is 5.97 Å². The summed E-state index contributed by atoms with van der Waals surface area (Å²) in [5.74, 6) is -3.87. The second-order valence-electron chi connectivity index (χ2n) is 13.6. The van der Waals surface area contributed by atoms with Crippen LogP contribution in [0.3, 0.4) is 0 Å². The minimum atomic E-state index is -1.32. The number of methoxy groups -OCH3 is 1. The van der Waals surface area contributed by atoms with Gasteiger partial charge < -0.3 is 34.4 Å². The van der Waals surface area contributed by atoms with Crippen molar-refractivity contribution in [2.75, 3.05) is 33.4 Å². The Morgan fingerprint density at radius 2 is 1.94 bits per heavy atom. The molecule has 3 amide bonds. The smallest absolute Gasteiger partial charge is 0.313 e. The van der Waals surface area contributed by atoms with Crippen molar-refractivity contribution in [1.29, 1.82) is 0 Å². The topological polar surface area (TPSA) is 135 Å². The van der Waals surface area contributed by atoms with Crippen LogP contribution in [0.15, 0.2) is 55.6 Å². The number of alkyl halides is 1. The van der Waals surface area contributed by atoms with Crippen molar-refractivity contribution < 1.29 is 38.5 Å². The summed E-state index contributed by atoms with van der Waals surface area (Å²) in [5, 5.41) is 13.5. The van der Waals surface area contributed by atoms with Crippen LogP contribution in [0.25, 0.3) is 0 Å². The third-order valence-electron chi connectivity index (χ3n) is 9.99. The van der Waals surface area contributed by atoms with Crippen LogP contribution in [0.4, 0.5) is 0 Å². The SMILES string of the molecule is C=CCCC(=O)N[C@@H](COC)[C@@H](OC(=O)[C@H]1[C@@H]2O[C@@]3(CC2Br)[C@@H]1C(=O)N([C@@H](CO)C(C)C)[C@@H]3C(=O)N(CC=C)CCCC)c1ccccc1. The van der Waals surface area contributed by atoms with Crippen LogP contribution < -0.4 is 5.32 Å². The molecule has 0 aromatic heterocycles. The van der Waals surface area contributed by atoms with Gasteiger partial charge in [-0.25, -0.2) is 0 Å². The summed E-state index contributed by atoms with van der Waals surface area (Å²) in [6, 6.07) is 6.60. The maximum absolute atomic E-state index is 14.7. The van der Waals surface area contributed by atoms with E-state index in [1.54, 1.807) is 29.2 Å². The largest absolute Gasteiger partial charge is 0.455 e. The van der Waals surface area contributed by atoms with Crippen molar-refractivity contribution in [2.24, 2.45) is 17.8 Å². The Hall–Kier alpha value is -3.06. The fraction of sp³-hybridized carbons (Fsp3) is 0.622. The minimum absolute atomic E-state index is 0.0540. The highest BCUT2D eigenvalue weighted by Crippen LogP contribution is 2.61. The van der Waals surface area contributed by atoms with Crippen LogP contribution in [0.1, 0.15) is 64.5 Å². The Balaban J connectivity index is 1.76. The molecule has 3 heterocycles. The van der Waals surface area contributed by atoms with Gasteiger partial charge in [-0.15, -0.1) is 13.2 Å². The molecule has 0 radical (unpaired) electrons. The molecule has 1 aromatic rings. The van der Waals surface area contributed by atoms with Crippen LogP contribution in [0, 0.1) is 17.8 Å². The third kappa shape index (κ3) is 7.82. The summed E-state index contributed by atoms with van der Waals surface area (Å²) in [5.41, 5.74) is -0.683. The van der Waals surface area contributed by atoms with Crippen molar-refractivity contribution in [1.82, 2.24) is 15.1 Å². The standard InChI is InChI=1S/C37H52BrN3O8/c1-7-10-17-28(43)39-26(22-47-6)31(24-15-13-12-14-16-24)48-36(46)29-30-34(44)41(27(21-42)23(4)5)33(37(30)20-25(38)32(29)49-37)35(45)40(18-9-3)19-11-8-2/h7,9,12-16,23,25-27,29-33,42H,1,3,8,10-11,17-22H2,2,4-6H3,(H,39,43)/t25?,26-,27-,29+,30-,31-,32+,33+,37-/m0/s1. The van der Waals surface area contributed by atoms with Gasteiger partial charge in [0.05, 0.1) is 43.2 Å². The van der Waals surface area contributed by atoms with Crippen molar-refractivity contribution >= 4 is 39.6 Å². The third-order valence-corrected chi connectivity index (χ3v) is 10.8. The summed E-state index contributed by atoms with van der Waals surface area (Å²) in [7, 11) is 1.50. The number of hydrogen-bond donors (Lipinski definition) is 2. The number of carbonyl (C=O) groups excluding carboxylic acids is 4. The molecule has 3 aliphatic heterocycles. The maximum Gasteiger partial charge on any atom is 0.313 e. The number of benzene rings is 1. The molecule has 0 saturated carbocycles. The zero-order valence-electron chi connectivity index (χ0n) is 29.1. The molecule has 11 nitrogen and oxygen atoms in total. The van der Waals surface area contributed by atoms with Crippen LogP contribution in [-0.2, 0) is 33.4 Å². The minimum Gasteiger partial charge on any atom is -0.455 e. The number of hydrogen-bond acceptors (Lipinski definition) is 8. The van der Waals surface area contributed by atoms with Crippen molar-refractivity contribution in [2.45, 2.75) is 93.6 Å². The summed E-state index contributed by atoms with van der Waals surface area (Å²) in [6.45, 7) is 13.8. The van der Waals surface area contributed by atoms with Gasteiger partial charge in [0.1, 0.15) is 17.7 Å². The number of ether oxygens (including phenoxy) is 3. The highest BCUT2D eigenvalue weighted by atomic mass is 79.9. The number of rotatable bonds is 19. The molecule has 0 aliphatic carbocycles. The lowest BCUT2D eigenvalue weighted by molar-refractivity contribution is -0.163. The number of halogens is 1. The Bertz CT molecular complexity index is 1340. The van der Waals surface area contributed by atoms with E-state index in [-0.39, 0.29) is 48.7 Å². The predicted molar refractivity (Wildman–Crippen MR) is 188 cm³/mol. The summed E-state index contributed by atoms with van der Waals surface area (Å²) in [4.78, 5) is 59.5. The monoisotopic (exact) mass is 745 g/mol. The highest BCUT2D eigenvalue weighted by Gasteiger charge is 2.77. The molecule has 12 heteroatoms. The summed E-state index contributed by atoms with van der Waals surface area (Å²) in [6.07, 6.45) is 4.25. The molecule has 9 atom stereocenters. The van der Waals surface area contributed by atoms with Gasteiger partial charge in [0.25, 0.3) is 0 Å². The molecular weight excluding hydrogens is 694 g/mol. The van der Waals surface area contributed by atoms with Gasteiger partial charge in [0, 0.05) is 31.4 Å². The Morgan fingerprint density at radius 3 is 2.53 bits per heavy atom. The first-order valence-corrected chi connectivity index (χ1v) is 18.2. The van der Waals surface area contributed by atoms with E-state index in [0.29, 0.717) is 24.9 Å². The van der Waals surface area contributed by atoms with Crippen LogP contribution in [0.2, 0.25) is 0 Å². The molecular formula is C37H52BrN3O8. The molecule has 3 fully saturated rings. The van der Waals surface area contributed by atoms with E-state index in [2.05, 4.69) is 34.4 Å². The lowest BCUT2D eigenvalue weighted by Crippen LogP contribution is -2.60. The lowest BCUT2D eigenvalue weighted by atomic mass is 9.70. The van der Waals surface area contributed by atoms with Gasteiger partial charge in [-0.1, -0.05) is 85.6 Å². The first-order chi connectivity index (χ1) is 23.5. The van der Waals surface area contributed by atoms with Crippen LogP contribution in [0.5, 0.6) is 0 Å². The fourth-order valence-corrected chi connectivity index (χ4v) is 8.63. The van der Waals surface area contributed by atoms with Crippen LogP contribution in [-0.4, -0.2) is 107 Å².